The highest BCUT2D eigenvalue weighted by molar-refractivity contribution is 5.94. The molecule has 0 aliphatic rings. The first kappa shape index (κ1) is 16.8. The van der Waals surface area contributed by atoms with Gasteiger partial charge in [0.1, 0.15) is 5.82 Å². The number of aryl methyl sites for hydroxylation is 2. The van der Waals surface area contributed by atoms with E-state index in [4.69, 9.17) is 0 Å². The first-order chi connectivity index (χ1) is 12.0. The fraction of sp³-hybridized carbons (Fsp3) is 0.263. The lowest BCUT2D eigenvalue weighted by Gasteiger charge is -2.25. The number of hydrogen-bond donors (Lipinski definition) is 0. The Morgan fingerprint density at radius 2 is 1.92 bits per heavy atom. The third-order valence-corrected chi connectivity index (χ3v) is 4.33. The molecule has 2 aromatic heterocycles. The van der Waals surface area contributed by atoms with E-state index in [0.29, 0.717) is 5.56 Å². The SMILES string of the molecule is Cc1nc(-c2ccc(C(=O)N(C)[C@@H](C)c3cccnc3)cc2)n(C)n1. The Balaban J connectivity index is 1.80. The summed E-state index contributed by atoms with van der Waals surface area (Å²) in [4.78, 5) is 23.0. The summed E-state index contributed by atoms with van der Waals surface area (Å²) in [6.45, 7) is 3.85. The van der Waals surface area contributed by atoms with Gasteiger partial charge in [-0.3, -0.25) is 9.78 Å². The highest BCUT2D eigenvalue weighted by Gasteiger charge is 2.19. The number of benzene rings is 1. The van der Waals surface area contributed by atoms with Crippen LogP contribution in [-0.4, -0.2) is 37.6 Å². The number of rotatable bonds is 4. The number of aromatic nitrogens is 4. The molecule has 3 aromatic rings. The van der Waals surface area contributed by atoms with Gasteiger partial charge in [-0.25, -0.2) is 9.67 Å². The fourth-order valence-electron chi connectivity index (χ4n) is 2.75. The molecule has 0 aliphatic heterocycles. The Hall–Kier alpha value is -3.02. The molecular weight excluding hydrogens is 314 g/mol. The maximum atomic E-state index is 12.8. The zero-order valence-corrected chi connectivity index (χ0v) is 14.8. The van der Waals surface area contributed by atoms with Crippen LogP contribution in [0.3, 0.4) is 0 Å². The predicted octanol–water partition coefficient (Wildman–Crippen LogP) is 3.02. The number of pyridine rings is 1. The summed E-state index contributed by atoms with van der Waals surface area (Å²) in [6, 6.07) is 11.3. The van der Waals surface area contributed by atoms with Crippen molar-refractivity contribution in [3.8, 4) is 11.4 Å². The predicted molar refractivity (Wildman–Crippen MR) is 95.9 cm³/mol. The molecule has 0 saturated heterocycles. The Bertz CT molecular complexity index is 871. The van der Waals surface area contributed by atoms with Crippen LogP contribution in [0.1, 0.15) is 34.7 Å². The molecule has 1 amide bonds. The van der Waals surface area contributed by atoms with Crippen LogP contribution in [0, 0.1) is 6.92 Å². The average molecular weight is 335 g/mol. The van der Waals surface area contributed by atoms with Crippen LogP contribution in [0.5, 0.6) is 0 Å². The molecule has 0 unspecified atom stereocenters. The van der Waals surface area contributed by atoms with Crippen LogP contribution >= 0.6 is 0 Å². The van der Waals surface area contributed by atoms with Gasteiger partial charge in [0.05, 0.1) is 6.04 Å². The van der Waals surface area contributed by atoms with Crippen molar-refractivity contribution in [2.24, 2.45) is 7.05 Å². The van der Waals surface area contributed by atoms with E-state index in [2.05, 4.69) is 15.1 Å². The van der Waals surface area contributed by atoms with Crippen molar-refractivity contribution >= 4 is 5.91 Å². The van der Waals surface area contributed by atoms with Gasteiger partial charge >= 0.3 is 0 Å². The highest BCUT2D eigenvalue weighted by Crippen LogP contribution is 2.22. The lowest BCUT2D eigenvalue weighted by atomic mass is 10.1. The maximum absolute atomic E-state index is 12.8. The van der Waals surface area contributed by atoms with Gasteiger partial charge in [-0.15, -0.1) is 0 Å². The van der Waals surface area contributed by atoms with Crippen LogP contribution in [0.15, 0.2) is 48.8 Å². The van der Waals surface area contributed by atoms with Gasteiger partial charge in [0.2, 0.25) is 0 Å². The standard InChI is InChI=1S/C19H21N5O/c1-13(17-6-5-11-20-12-17)23(3)19(25)16-9-7-15(8-10-16)18-21-14(2)22-24(18)4/h5-13H,1-4H3/t13-/m0/s1. The third-order valence-electron chi connectivity index (χ3n) is 4.33. The van der Waals surface area contributed by atoms with Crippen molar-refractivity contribution in [1.82, 2.24) is 24.6 Å². The molecule has 2 heterocycles. The van der Waals surface area contributed by atoms with E-state index in [9.17, 15) is 4.79 Å². The monoisotopic (exact) mass is 335 g/mol. The molecule has 6 nitrogen and oxygen atoms in total. The average Bonchev–Trinajstić information content (AvgIpc) is 2.99. The minimum atomic E-state index is -0.0535. The van der Waals surface area contributed by atoms with Gasteiger partial charge in [0, 0.05) is 37.6 Å². The summed E-state index contributed by atoms with van der Waals surface area (Å²) < 4.78 is 1.74. The molecule has 25 heavy (non-hydrogen) atoms. The van der Waals surface area contributed by atoms with Crippen LogP contribution in [0.25, 0.3) is 11.4 Å². The van der Waals surface area contributed by atoms with E-state index >= 15 is 0 Å². The summed E-state index contributed by atoms with van der Waals surface area (Å²) in [7, 11) is 3.66. The molecule has 0 spiro atoms. The Labute approximate surface area is 147 Å². The van der Waals surface area contributed by atoms with Crippen LogP contribution in [0.4, 0.5) is 0 Å². The maximum Gasteiger partial charge on any atom is 0.254 e. The Kier molecular flexibility index (Phi) is 4.61. The molecule has 0 fully saturated rings. The van der Waals surface area contributed by atoms with E-state index in [1.54, 1.807) is 29.0 Å². The van der Waals surface area contributed by atoms with Crippen molar-refractivity contribution in [3.63, 3.8) is 0 Å². The van der Waals surface area contributed by atoms with Gasteiger partial charge in [0.25, 0.3) is 5.91 Å². The van der Waals surface area contributed by atoms with E-state index in [1.165, 1.54) is 0 Å². The van der Waals surface area contributed by atoms with Gasteiger partial charge in [-0.05, 0) is 37.6 Å². The van der Waals surface area contributed by atoms with Gasteiger partial charge in [0.15, 0.2) is 5.82 Å². The molecule has 1 atom stereocenters. The second-order valence-corrected chi connectivity index (χ2v) is 6.06. The largest absolute Gasteiger partial charge is 0.335 e. The smallest absolute Gasteiger partial charge is 0.254 e. The number of nitrogens with zero attached hydrogens (tertiary/aromatic N) is 5. The normalized spacial score (nSPS) is 12.0. The lowest BCUT2D eigenvalue weighted by molar-refractivity contribution is 0.0742. The third kappa shape index (κ3) is 3.42. The van der Waals surface area contributed by atoms with Gasteiger partial charge in [-0.2, -0.15) is 5.10 Å². The van der Waals surface area contributed by atoms with E-state index in [1.807, 2.05) is 57.3 Å². The topological polar surface area (TPSA) is 63.9 Å². The molecule has 0 bridgehead atoms. The van der Waals surface area contributed by atoms with E-state index < -0.39 is 0 Å². The van der Waals surface area contributed by atoms with Crippen LogP contribution in [0.2, 0.25) is 0 Å². The van der Waals surface area contributed by atoms with Crippen LogP contribution in [-0.2, 0) is 7.05 Å². The van der Waals surface area contributed by atoms with E-state index in [-0.39, 0.29) is 11.9 Å². The Morgan fingerprint density at radius 3 is 2.48 bits per heavy atom. The number of carbonyl (C=O) groups excluding carboxylic acids is 1. The summed E-state index contributed by atoms with van der Waals surface area (Å²) in [5.41, 5.74) is 2.58. The number of carbonyl (C=O) groups is 1. The minimum absolute atomic E-state index is 0.0305. The molecule has 0 saturated carbocycles. The molecule has 128 valence electrons. The lowest BCUT2D eigenvalue weighted by Crippen LogP contribution is -2.29. The zero-order valence-electron chi connectivity index (χ0n) is 14.8. The Morgan fingerprint density at radius 1 is 1.20 bits per heavy atom. The molecule has 1 aromatic carbocycles. The fourth-order valence-corrected chi connectivity index (χ4v) is 2.75. The number of hydrogen-bond acceptors (Lipinski definition) is 4. The summed E-state index contributed by atoms with van der Waals surface area (Å²) >= 11 is 0. The summed E-state index contributed by atoms with van der Waals surface area (Å²) in [6.07, 6.45) is 3.51. The van der Waals surface area contributed by atoms with Crippen molar-refractivity contribution in [2.45, 2.75) is 19.9 Å². The van der Waals surface area contributed by atoms with Crippen molar-refractivity contribution in [2.75, 3.05) is 7.05 Å². The summed E-state index contributed by atoms with van der Waals surface area (Å²) in [5, 5.41) is 4.25. The molecule has 0 N–H and O–H groups in total. The molecule has 0 aliphatic carbocycles. The van der Waals surface area contributed by atoms with Crippen LogP contribution < -0.4 is 0 Å². The minimum Gasteiger partial charge on any atom is -0.335 e. The van der Waals surface area contributed by atoms with Gasteiger partial charge < -0.3 is 4.90 Å². The quantitative estimate of drug-likeness (QED) is 0.735. The summed E-state index contributed by atoms with van der Waals surface area (Å²) in [5.74, 6) is 1.48. The first-order valence-electron chi connectivity index (χ1n) is 8.12. The van der Waals surface area contributed by atoms with E-state index in [0.717, 1.165) is 22.8 Å². The van der Waals surface area contributed by atoms with Gasteiger partial charge in [-0.1, -0.05) is 18.2 Å². The number of amides is 1. The van der Waals surface area contributed by atoms with Crippen molar-refractivity contribution < 1.29 is 4.79 Å². The second kappa shape index (κ2) is 6.84. The van der Waals surface area contributed by atoms with Crippen molar-refractivity contribution in [3.05, 3.63) is 65.7 Å². The zero-order chi connectivity index (χ0) is 18.0. The van der Waals surface area contributed by atoms with Crippen molar-refractivity contribution in [1.29, 1.82) is 0 Å². The molecule has 0 radical (unpaired) electrons. The second-order valence-electron chi connectivity index (χ2n) is 6.06. The molecule has 6 heteroatoms. The highest BCUT2D eigenvalue weighted by atomic mass is 16.2. The molecule has 3 rings (SSSR count). The molecular formula is C19H21N5O. The first-order valence-corrected chi connectivity index (χ1v) is 8.12.